The normalized spacial score (nSPS) is 26.6. The molecule has 0 bridgehead atoms. The third kappa shape index (κ3) is 26.3. The monoisotopic (exact) mass is 941 g/mol. The minimum atomic E-state index is -1.77. The minimum absolute atomic E-state index is 0.145. The van der Waals surface area contributed by atoms with Gasteiger partial charge in [-0.25, -0.2) is 0 Å². The van der Waals surface area contributed by atoms with E-state index >= 15 is 0 Å². The number of hydrogen-bond acceptors (Lipinski definition) is 15. The topological polar surface area (TPSA) is 231 Å². The lowest BCUT2D eigenvalue weighted by molar-refractivity contribution is -0.332. The molecule has 0 aromatic rings. The predicted octanol–water partition coefficient (Wildman–Crippen LogP) is 6.71. The molecule has 0 radical (unpaired) electrons. The lowest BCUT2D eigenvalue weighted by Crippen LogP contribution is -2.61. The van der Waals surface area contributed by atoms with E-state index in [9.17, 15) is 45.3 Å². The van der Waals surface area contributed by atoms with Gasteiger partial charge in [-0.1, -0.05) is 127 Å². The van der Waals surface area contributed by atoms with Crippen LogP contribution in [0.1, 0.15) is 168 Å². The Hall–Kier alpha value is -2.54. The van der Waals surface area contributed by atoms with Crippen LogP contribution in [0.5, 0.6) is 0 Å². The lowest BCUT2D eigenvalue weighted by atomic mass is 9.98. The number of carbonyl (C=O) groups excluding carboxylic acids is 2. The van der Waals surface area contributed by atoms with Crippen molar-refractivity contribution in [2.45, 2.75) is 235 Å². The predicted molar refractivity (Wildman–Crippen MR) is 252 cm³/mol. The van der Waals surface area contributed by atoms with Crippen LogP contribution in [0.3, 0.4) is 0 Å². The molecule has 2 aliphatic heterocycles. The first-order chi connectivity index (χ1) is 32.0. The van der Waals surface area contributed by atoms with E-state index in [2.05, 4.69) is 62.5 Å². The van der Waals surface area contributed by atoms with E-state index in [0.717, 1.165) is 89.9 Å². The van der Waals surface area contributed by atoms with Crippen LogP contribution in [0, 0.1) is 0 Å². The van der Waals surface area contributed by atoms with Crippen molar-refractivity contribution in [1.82, 2.24) is 0 Å². The first kappa shape index (κ1) is 59.6. The Kier molecular flexibility index (Phi) is 34.6. The highest BCUT2D eigenvalue weighted by Gasteiger charge is 2.47. The Balaban J connectivity index is 1.84. The average Bonchev–Trinajstić information content (AvgIpc) is 3.31. The van der Waals surface area contributed by atoms with Gasteiger partial charge in [0.05, 0.1) is 19.8 Å². The van der Waals surface area contributed by atoms with Crippen molar-refractivity contribution in [1.29, 1.82) is 0 Å². The largest absolute Gasteiger partial charge is 0.462 e. The molecule has 66 heavy (non-hydrogen) atoms. The molecule has 2 heterocycles. The van der Waals surface area contributed by atoms with Crippen molar-refractivity contribution in [3.05, 3.63) is 48.6 Å². The molecular formula is C51H88O15. The summed E-state index contributed by atoms with van der Waals surface area (Å²) in [4.78, 5) is 25.7. The molecule has 0 aromatic heterocycles. The fraction of sp³-hybridized carbons (Fsp3) is 0.804. The molecule has 382 valence electrons. The van der Waals surface area contributed by atoms with Gasteiger partial charge in [0.1, 0.15) is 55.4 Å². The number of ether oxygens (including phenoxy) is 6. The summed E-state index contributed by atoms with van der Waals surface area (Å²) in [7, 11) is 0. The second-order valence-corrected chi connectivity index (χ2v) is 17.6. The molecule has 0 spiro atoms. The van der Waals surface area contributed by atoms with Crippen LogP contribution < -0.4 is 0 Å². The molecule has 0 aromatic carbocycles. The zero-order chi connectivity index (χ0) is 48.2. The Morgan fingerprint density at radius 3 is 1.41 bits per heavy atom. The van der Waals surface area contributed by atoms with E-state index in [1.54, 1.807) is 0 Å². The summed E-state index contributed by atoms with van der Waals surface area (Å²) >= 11 is 0. The first-order valence-electron chi connectivity index (χ1n) is 25.2. The number of aliphatic hydroxyl groups is 7. The molecule has 7 N–H and O–H groups in total. The van der Waals surface area contributed by atoms with E-state index in [4.69, 9.17) is 28.4 Å². The van der Waals surface area contributed by atoms with Crippen molar-refractivity contribution in [2.75, 3.05) is 26.4 Å². The molecule has 2 fully saturated rings. The number of esters is 2. The van der Waals surface area contributed by atoms with Gasteiger partial charge in [0, 0.05) is 12.8 Å². The molecule has 2 aliphatic rings. The summed E-state index contributed by atoms with van der Waals surface area (Å²) in [6, 6.07) is 0. The van der Waals surface area contributed by atoms with Gasteiger partial charge in [0.15, 0.2) is 18.7 Å². The van der Waals surface area contributed by atoms with Crippen LogP contribution in [0.4, 0.5) is 0 Å². The molecule has 15 heteroatoms. The number of rotatable bonds is 38. The van der Waals surface area contributed by atoms with Crippen LogP contribution in [-0.4, -0.2) is 142 Å². The van der Waals surface area contributed by atoms with Crippen LogP contribution in [0.15, 0.2) is 48.6 Å². The zero-order valence-electron chi connectivity index (χ0n) is 40.2. The van der Waals surface area contributed by atoms with Crippen LogP contribution in [0.25, 0.3) is 0 Å². The fourth-order valence-electron chi connectivity index (χ4n) is 7.57. The third-order valence-electron chi connectivity index (χ3n) is 11.8. The fourth-order valence-corrected chi connectivity index (χ4v) is 7.57. The minimum Gasteiger partial charge on any atom is -0.462 e. The summed E-state index contributed by atoms with van der Waals surface area (Å²) in [5, 5.41) is 72.0. The maximum atomic E-state index is 13.0. The standard InChI is InChI=1S/C51H88O15/c1-3-5-7-9-11-13-15-17-19-21-23-25-27-29-31-33-42(53)61-36-39(64-43(54)34-32-30-28-26-24-22-20-18-16-14-12-10-8-6-4-2)37-62-50-49(60)47(58)45(56)41(66-50)38-63-51-48(59)46(57)44(55)40(35-52)65-51/h11-14,17-20,39-41,44-52,55-60H,3-10,15-16,21-38H2,1-2H3/b13-11+,14-12+,19-17+,20-18+/t39-,40-,41-,44+,45+,46?,47?,48?,49?,50-,51-/m1/s1. The van der Waals surface area contributed by atoms with Gasteiger partial charge in [-0.3, -0.25) is 9.59 Å². The van der Waals surface area contributed by atoms with Gasteiger partial charge in [-0.2, -0.15) is 0 Å². The van der Waals surface area contributed by atoms with Crippen molar-refractivity contribution in [3.8, 4) is 0 Å². The van der Waals surface area contributed by atoms with Gasteiger partial charge in [-0.05, 0) is 77.0 Å². The maximum absolute atomic E-state index is 13.0. The highest BCUT2D eigenvalue weighted by Crippen LogP contribution is 2.26. The SMILES string of the molecule is CCCCC/C=C/C/C=C/CCCCCCCC(=O)OC[C@H](CO[C@@H]1O[C@H](CO[C@@H]2O[C@H](CO)[C@H](O)C(O)C2O)[C@H](O)C(O)C1O)OC(=O)CCCCCCC/C=C/C/C=C/CCCCC. The highest BCUT2D eigenvalue weighted by molar-refractivity contribution is 5.70. The molecule has 4 unspecified atom stereocenters. The van der Waals surface area contributed by atoms with E-state index < -0.39 is 99.3 Å². The lowest BCUT2D eigenvalue weighted by Gasteiger charge is -2.42. The first-order valence-corrected chi connectivity index (χ1v) is 25.2. The van der Waals surface area contributed by atoms with Crippen LogP contribution in [0.2, 0.25) is 0 Å². The zero-order valence-corrected chi connectivity index (χ0v) is 40.2. The summed E-state index contributed by atoms with van der Waals surface area (Å²) in [6.07, 6.45) is 24.2. The Bertz CT molecular complexity index is 1340. The van der Waals surface area contributed by atoms with Crippen molar-refractivity contribution in [2.24, 2.45) is 0 Å². The number of carbonyl (C=O) groups is 2. The van der Waals surface area contributed by atoms with Gasteiger partial charge < -0.3 is 64.2 Å². The Morgan fingerprint density at radius 1 is 0.485 bits per heavy atom. The smallest absolute Gasteiger partial charge is 0.306 e. The summed E-state index contributed by atoms with van der Waals surface area (Å²) < 4.78 is 33.5. The summed E-state index contributed by atoms with van der Waals surface area (Å²) in [5.74, 6) is -0.959. The third-order valence-corrected chi connectivity index (χ3v) is 11.8. The highest BCUT2D eigenvalue weighted by atomic mass is 16.7. The molecule has 2 saturated heterocycles. The molecule has 0 amide bonds. The van der Waals surface area contributed by atoms with Gasteiger partial charge in [0.2, 0.25) is 0 Å². The van der Waals surface area contributed by atoms with Crippen molar-refractivity contribution in [3.63, 3.8) is 0 Å². The van der Waals surface area contributed by atoms with E-state index in [1.165, 1.54) is 38.5 Å². The van der Waals surface area contributed by atoms with Gasteiger partial charge in [0.25, 0.3) is 0 Å². The Morgan fingerprint density at radius 2 is 0.909 bits per heavy atom. The van der Waals surface area contributed by atoms with E-state index in [-0.39, 0.29) is 19.4 Å². The number of aliphatic hydroxyl groups excluding tert-OH is 7. The quantitative estimate of drug-likeness (QED) is 0.0194. The average molecular weight is 941 g/mol. The second kappa shape index (κ2) is 38.3. The van der Waals surface area contributed by atoms with Crippen molar-refractivity contribution < 1.29 is 73.8 Å². The second-order valence-electron chi connectivity index (χ2n) is 17.6. The molecule has 15 nitrogen and oxygen atoms in total. The number of allylic oxidation sites excluding steroid dienone is 8. The number of unbranched alkanes of at least 4 members (excludes halogenated alkanes) is 16. The van der Waals surface area contributed by atoms with Crippen molar-refractivity contribution >= 4 is 11.9 Å². The van der Waals surface area contributed by atoms with Crippen LogP contribution >= 0.6 is 0 Å². The van der Waals surface area contributed by atoms with E-state index in [0.29, 0.717) is 12.8 Å². The molecule has 11 atom stereocenters. The Labute approximate surface area is 395 Å². The molecule has 0 saturated carbocycles. The summed E-state index contributed by atoms with van der Waals surface area (Å²) in [6.45, 7) is 2.49. The summed E-state index contributed by atoms with van der Waals surface area (Å²) in [5.41, 5.74) is 0. The molecular weight excluding hydrogens is 853 g/mol. The van der Waals surface area contributed by atoms with Crippen LogP contribution in [-0.2, 0) is 38.0 Å². The maximum Gasteiger partial charge on any atom is 0.306 e. The van der Waals surface area contributed by atoms with E-state index in [1.807, 2.05) is 0 Å². The van der Waals surface area contributed by atoms with Gasteiger partial charge in [-0.15, -0.1) is 0 Å². The van der Waals surface area contributed by atoms with Gasteiger partial charge >= 0.3 is 11.9 Å². The molecule has 2 rings (SSSR count). The number of hydrogen-bond donors (Lipinski definition) is 7. The molecule has 0 aliphatic carbocycles.